The van der Waals surface area contributed by atoms with Gasteiger partial charge in [-0.15, -0.1) is 0 Å². The number of hydrogen-bond donors (Lipinski definition) is 5. The van der Waals surface area contributed by atoms with Crippen LogP contribution in [0.3, 0.4) is 0 Å². The highest BCUT2D eigenvalue weighted by Crippen LogP contribution is 2.31. The average Bonchev–Trinajstić information content (AvgIpc) is 2.89. The van der Waals surface area contributed by atoms with Crippen LogP contribution in [0.15, 0.2) is 18.2 Å². The highest BCUT2D eigenvalue weighted by molar-refractivity contribution is 5.80. The molecule has 0 aromatic heterocycles. The van der Waals surface area contributed by atoms with E-state index in [-0.39, 0.29) is 24.2 Å². The van der Waals surface area contributed by atoms with Crippen molar-refractivity contribution in [1.29, 1.82) is 0 Å². The largest absolute Gasteiger partial charge is 0.493 e. The van der Waals surface area contributed by atoms with Crippen LogP contribution < -0.4 is 26.7 Å². The van der Waals surface area contributed by atoms with Crippen molar-refractivity contribution in [2.24, 2.45) is 46.3 Å². The molecule has 1 aromatic rings. The van der Waals surface area contributed by atoms with E-state index in [1.807, 2.05) is 32.0 Å². The number of primary amides is 1. The van der Waals surface area contributed by atoms with Gasteiger partial charge >= 0.3 is 5.97 Å². The van der Waals surface area contributed by atoms with Crippen molar-refractivity contribution < 1.29 is 34.0 Å². The number of ether oxygens (including phenoxy) is 3. The molecule has 0 bridgehead atoms. The van der Waals surface area contributed by atoms with Crippen molar-refractivity contribution >= 4 is 11.9 Å². The number of rotatable bonds is 18. The molecule has 0 heterocycles. The molecule has 40 heavy (non-hydrogen) atoms. The molecule has 8 N–H and O–H groups in total. The van der Waals surface area contributed by atoms with Crippen molar-refractivity contribution in [2.75, 3.05) is 34.0 Å². The Bertz CT molecular complexity index is 877. The molecule has 232 valence electrons. The zero-order valence-corrected chi connectivity index (χ0v) is 25.8. The summed E-state index contributed by atoms with van der Waals surface area (Å²) in [4.78, 5) is 21.9. The molecule has 0 saturated heterocycles. The maximum absolute atomic E-state index is 11.5. The van der Waals surface area contributed by atoms with Gasteiger partial charge in [0.1, 0.15) is 0 Å². The van der Waals surface area contributed by atoms with Gasteiger partial charge in [-0.05, 0) is 68.6 Å². The van der Waals surface area contributed by atoms with Gasteiger partial charge < -0.3 is 41.6 Å². The molecular formula is C30H55N3O7. The second kappa shape index (κ2) is 18.9. The predicted molar refractivity (Wildman–Crippen MR) is 158 cm³/mol. The third-order valence-electron chi connectivity index (χ3n) is 7.28. The number of carboxylic acids is 1. The standard InChI is InChI=1S/C25H43NO6.C5H12N2O/c1-16(2)19(14-21(26)22(27)15-20(17(3)4)25(28)29)12-18-8-9-23(31-6)24(13-18)32-11-7-10-30-5;1-5(2,3-6)4(7)8/h8-9,13,16-17,19-22,27H,7,10-12,14-15,26H2,1-6H3,(H,28,29);3,6H2,1-2H3,(H2,7,8)/t19-,20-,21-,22-;/m0./s1. The fourth-order valence-electron chi connectivity index (χ4n) is 3.94. The lowest BCUT2D eigenvalue weighted by Gasteiger charge is -2.29. The molecule has 4 atom stereocenters. The number of amides is 1. The predicted octanol–water partition coefficient (Wildman–Crippen LogP) is 3.21. The van der Waals surface area contributed by atoms with Crippen LogP contribution in [0.4, 0.5) is 0 Å². The minimum atomic E-state index is -0.886. The van der Waals surface area contributed by atoms with Crippen molar-refractivity contribution in [1.82, 2.24) is 0 Å². The summed E-state index contributed by atoms with van der Waals surface area (Å²) < 4.78 is 16.4. The van der Waals surface area contributed by atoms with Crippen LogP contribution in [0, 0.1) is 29.1 Å². The first-order valence-electron chi connectivity index (χ1n) is 14.1. The van der Waals surface area contributed by atoms with Crippen LogP contribution >= 0.6 is 0 Å². The average molecular weight is 570 g/mol. The number of aliphatic hydroxyl groups excluding tert-OH is 1. The summed E-state index contributed by atoms with van der Waals surface area (Å²) in [6.07, 6.45) is 1.50. The van der Waals surface area contributed by atoms with E-state index >= 15 is 0 Å². The first-order chi connectivity index (χ1) is 18.6. The third-order valence-corrected chi connectivity index (χ3v) is 7.28. The fourth-order valence-corrected chi connectivity index (χ4v) is 3.94. The van der Waals surface area contributed by atoms with E-state index in [4.69, 9.17) is 31.4 Å². The Kier molecular flexibility index (Phi) is 17.7. The van der Waals surface area contributed by atoms with Crippen LogP contribution in [0.2, 0.25) is 0 Å². The van der Waals surface area contributed by atoms with E-state index in [0.29, 0.717) is 43.6 Å². The van der Waals surface area contributed by atoms with Gasteiger partial charge in [-0.3, -0.25) is 9.59 Å². The fraction of sp³-hybridized carbons (Fsp3) is 0.733. The van der Waals surface area contributed by atoms with Crippen molar-refractivity contribution in [3.63, 3.8) is 0 Å². The second-order valence-corrected chi connectivity index (χ2v) is 11.7. The molecule has 0 saturated carbocycles. The van der Waals surface area contributed by atoms with E-state index in [2.05, 4.69) is 13.8 Å². The lowest BCUT2D eigenvalue weighted by Crippen LogP contribution is -2.40. The van der Waals surface area contributed by atoms with Gasteiger partial charge in [-0.25, -0.2) is 0 Å². The van der Waals surface area contributed by atoms with E-state index in [0.717, 1.165) is 18.4 Å². The Morgan fingerprint density at radius 3 is 2.05 bits per heavy atom. The smallest absolute Gasteiger partial charge is 0.306 e. The highest BCUT2D eigenvalue weighted by atomic mass is 16.5. The van der Waals surface area contributed by atoms with Gasteiger partial charge in [0.2, 0.25) is 5.91 Å². The third kappa shape index (κ3) is 13.8. The lowest BCUT2D eigenvalue weighted by molar-refractivity contribution is -0.144. The summed E-state index contributed by atoms with van der Waals surface area (Å²) >= 11 is 0. The summed E-state index contributed by atoms with van der Waals surface area (Å²) in [7, 11) is 3.29. The Hall–Kier alpha value is -2.40. The van der Waals surface area contributed by atoms with Gasteiger partial charge in [0, 0.05) is 32.7 Å². The quantitative estimate of drug-likeness (QED) is 0.166. The highest BCUT2D eigenvalue weighted by Gasteiger charge is 2.29. The van der Waals surface area contributed by atoms with Gasteiger partial charge in [0.15, 0.2) is 11.5 Å². The summed E-state index contributed by atoms with van der Waals surface area (Å²) in [5, 5.41) is 20.0. The van der Waals surface area contributed by atoms with Crippen LogP contribution in [0.25, 0.3) is 0 Å². The second-order valence-electron chi connectivity index (χ2n) is 11.7. The first-order valence-corrected chi connectivity index (χ1v) is 14.1. The number of aliphatic carboxylic acids is 1. The van der Waals surface area contributed by atoms with Gasteiger partial charge in [-0.1, -0.05) is 33.8 Å². The molecular weight excluding hydrogens is 514 g/mol. The number of carbonyl (C=O) groups is 2. The molecule has 0 aliphatic rings. The van der Waals surface area contributed by atoms with Crippen molar-refractivity contribution in [3.8, 4) is 11.5 Å². The topological polar surface area (TPSA) is 180 Å². The molecule has 0 fully saturated rings. The summed E-state index contributed by atoms with van der Waals surface area (Å²) in [6.45, 7) is 12.9. The van der Waals surface area contributed by atoms with Crippen LogP contribution in [0.5, 0.6) is 11.5 Å². The van der Waals surface area contributed by atoms with Crippen molar-refractivity contribution in [2.45, 2.75) is 79.4 Å². The molecule has 0 aliphatic carbocycles. The minimum Gasteiger partial charge on any atom is -0.493 e. The Balaban J connectivity index is 0.00000165. The first kappa shape index (κ1) is 37.6. The lowest BCUT2D eigenvalue weighted by atomic mass is 9.81. The monoisotopic (exact) mass is 569 g/mol. The molecule has 10 heteroatoms. The molecule has 0 spiro atoms. The molecule has 0 aliphatic heterocycles. The Morgan fingerprint density at radius 2 is 1.62 bits per heavy atom. The normalized spacial score (nSPS) is 14.6. The van der Waals surface area contributed by atoms with Crippen LogP contribution in [-0.2, 0) is 20.7 Å². The molecule has 0 unspecified atom stereocenters. The summed E-state index contributed by atoms with van der Waals surface area (Å²) in [6, 6.07) is 5.46. The molecule has 1 aromatic carbocycles. The van der Waals surface area contributed by atoms with Gasteiger partial charge in [0.25, 0.3) is 0 Å². The summed E-state index contributed by atoms with van der Waals surface area (Å²) in [5.74, 6) is 0.0770. The zero-order valence-electron chi connectivity index (χ0n) is 25.8. The molecule has 0 radical (unpaired) electrons. The van der Waals surface area contributed by atoms with Gasteiger partial charge in [-0.2, -0.15) is 0 Å². The SMILES string of the molecule is CC(C)(CN)C(N)=O.COCCCOc1cc(C[C@@H](C[C@H](N)[C@@H](O)C[C@H](C(=O)O)C(C)C)C(C)C)ccc1OC. The Labute approximate surface area is 240 Å². The maximum atomic E-state index is 11.5. The number of methoxy groups -OCH3 is 2. The number of benzene rings is 1. The number of carbonyl (C=O) groups excluding carboxylic acids is 1. The summed E-state index contributed by atoms with van der Waals surface area (Å²) in [5.41, 5.74) is 17.1. The minimum absolute atomic E-state index is 0.0585. The van der Waals surface area contributed by atoms with Gasteiger partial charge in [0.05, 0.1) is 31.2 Å². The Morgan fingerprint density at radius 1 is 1.00 bits per heavy atom. The molecule has 1 amide bonds. The molecule has 1 rings (SSSR count). The van der Waals surface area contributed by atoms with E-state index in [9.17, 15) is 19.8 Å². The number of hydrogen-bond acceptors (Lipinski definition) is 8. The van der Waals surface area contributed by atoms with Crippen molar-refractivity contribution in [3.05, 3.63) is 23.8 Å². The van der Waals surface area contributed by atoms with E-state index < -0.39 is 29.4 Å². The number of aliphatic hydroxyl groups is 1. The number of nitrogens with two attached hydrogens (primary N) is 3. The van der Waals surface area contributed by atoms with E-state index in [1.54, 1.807) is 28.1 Å². The maximum Gasteiger partial charge on any atom is 0.306 e. The zero-order chi connectivity index (χ0) is 31.0. The van der Waals surface area contributed by atoms with Crippen LogP contribution in [-0.4, -0.2) is 68.2 Å². The molecule has 10 nitrogen and oxygen atoms in total. The number of carboxylic acid groups (broad SMARTS) is 1. The van der Waals surface area contributed by atoms with Crippen LogP contribution in [0.1, 0.15) is 66.4 Å². The van der Waals surface area contributed by atoms with E-state index in [1.165, 1.54) is 0 Å².